The molecule has 170 valence electrons. The zero-order chi connectivity index (χ0) is 22.5. The average molecular weight is 432 g/mol. The van der Waals surface area contributed by atoms with Gasteiger partial charge in [0.25, 0.3) is 0 Å². The van der Waals surface area contributed by atoms with E-state index in [2.05, 4.69) is 10.6 Å². The molecule has 1 saturated heterocycles. The summed E-state index contributed by atoms with van der Waals surface area (Å²) in [6, 6.07) is 4.81. The Morgan fingerprint density at radius 2 is 1.77 bits per heavy atom. The summed E-state index contributed by atoms with van der Waals surface area (Å²) in [6.45, 7) is 4.08. The summed E-state index contributed by atoms with van der Waals surface area (Å²) in [5, 5.41) is 5.96. The summed E-state index contributed by atoms with van der Waals surface area (Å²) in [5.41, 5.74) is 0.650. The van der Waals surface area contributed by atoms with E-state index in [0.29, 0.717) is 17.2 Å². The van der Waals surface area contributed by atoms with Crippen LogP contribution in [0.2, 0.25) is 0 Å². The van der Waals surface area contributed by atoms with E-state index >= 15 is 0 Å². The lowest BCUT2D eigenvalue weighted by atomic mass is 10.0. The maximum Gasteiger partial charge on any atom is 0.243 e. The molecule has 8 heteroatoms. The van der Waals surface area contributed by atoms with Crippen LogP contribution in [0.4, 0.5) is 5.69 Å². The van der Waals surface area contributed by atoms with Crippen LogP contribution < -0.4 is 25.0 Å². The standard InChI is InChI=1S/C23H33N3O5/c1-14(2)21(23(29)24-16-7-5-6-8-16)25-22(28)15-11-20(27)26(13-15)17-9-10-18(30-3)19(12-17)31-4/h9-10,12,14-16,21H,5-8,11,13H2,1-4H3,(H,24,29)(H,25,28). The molecular formula is C23H33N3O5. The zero-order valence-corrected chi connectivity index (χ0v) is 18.8. The largest absolute Gasteiger partial charge is 0.493 e. The number of rotatable bonds is 8. The molecule has 3 rings (SSSR count). The monoisotopic (exact) mass is 431 g/mol. The third kappa shape index (κ3) is 5.29. The van der Waals surface area contributed by atoms with Gasteiger partial charge in [0.05, 0.1) is 20.1 Å². The van der Waals surface area contributed by atoms with E-state index in [4.69, 9.17) is 9.47 Å². The van der Waals surface area contributed by atoms with E-state index in [1.54, 1.807) is 30.2 Å². The summed E-state index contributed by atoms with van der Waals surface area (Å²) in [7, 11) is 3.08. The molecule has 1 aromatic carbocycles. The van der Waals surface area contributed by atoms with E-state index < -0.39 is 12.0 Å². The fourth-order valence-electron chi connectivity index (χ4n) is 4.29. The molecule has 0 aromatic heterocycles. The maximum absolute atomic E-state index is 12.9. The van der Waals surface area contributed by atoms with Crippen molar-refractivity contribution in [3.8, 4) is 11.5 Å². The maximum atomic E-state index is 12.9. The van der Waals surface area contributed by atoms with E-state index in [-0.39, 0.29) is 42.6 Å². The summed E-state index contributed by atoms with van der Waals surface area (Å²) in [4.78, 5) is 39.9. The van der Waals surface area contributed by atoms with Crippen molar-refractivity contribution < 1.29 is 23.9 Å². The lowest BCUT2D eigenvalue weighted by Crippen LogP contribution is -2.53. The molecule has 1 aliphatic carbocycles. The van der Waals surface area contributed by atoms with Crippen LogP contribution in [0.25, 0.3) is 0 Å². The quantitative estimate of drug-likeness (QED) is 0.658. The summed E-state index contributed by atoms with van der Waals surface area (Å²) in [6.07, 6.45) is 4.33. The Kier molecular flexibility index (Phi) is 7.41. The van der Waals surface area contributed by atoms with Crippen molar-refractivity contribution in [2.45, 2.75) is 58.0 Å². The Balaban J connectivity index is 1.65. The Bertz CT molecular complexity index is 819. The molecule has 3 amide bonds. The predicted molar refractivity (Wildman–Crippen MR) is 117 cm³/mol. The number of nitrogens with zero attached hydrogens (tertiary/aromatic N) is 1. The second kappa shape index (κ2) is 10.0. The van der Waals surface area contributed by atoms with Gasteiger partial charge in [-0.05, 0) is 30.9 Å². The zero-order valence-electron chi connectivity index (χ0n) is 18.8. The van der Waals surface area contributed by atoms with Crippen LogP contribution in [-0.4, -0.2) is 50.6 Å². The van der Waals surface area contributed by atoms with Crippen molar-refractivity contribution in [2.75, 3.05) is 25.7 Å². The smallest absolute Gasteiger partial charge is 0.243 e. The number of benzene rings is 1. The molecule has 1 heterocycles. The second-order valence-corrected chi connectivity index (χ2v) is 8.66. The summed E-state index contributed by atoms with van der Waals surface area (Å²) < 4.78 is 10.6. The van der Waals surface area contributed by atoms with Crippen molar-refractivity contribution in [1.82, 2.24) is 10.6 Å². The summed E-state index contributed by atoms with van der Waals surface area (Å²) in [5.74, 6) is -0.0215. The molecule has 1 saturated carbocycles. The van der Waals surface area contributed by atoms with Crippen molar-refractivity contribution in [3.05, 3.63) is 18.2 Å². The van der Waals surface area contributed by atoms with Crippen LogP contribution in [0.3, 0.4) is 0 Å². The first-order chi connectivity index (χ1) is 14.8. The van der Waals surface area contributed by atoms with Crippen molar-refractivity contribution in [1.29, 1.82) is 0 Å². The van der Waals surface area contributed by atoms with Crippen LogP contribution in [0, 0.1) is 11.8 Å². The van der Waals surface area contributed by atoms with E-state index in [1.807, 2.05) is 13.8 Å². The Morgan fingerprint density at radius 1 is 1.10 bits per heavy atom. The highest BCUT2D eigenvalue weighted by Gasteiger charge is 2.37. The van der Waals surface area contributed by atoms with Crippen molar-refractivity contribution in [3.63, 3.8) is 0 Å². The molecule has 1 aliphatic heterocycles. The normalized spacial score (nSPS) is 20.1. The molecule has 0 spiro atoms. The third-order valence-corrected chi connectivity index (χ3v) is 6.12. The molecule has 0 bridgehead atoms. The van der Waals surface area contributed by atoms with Gasteiger partial charge in [-0.1, -0.05) is 26.7 Å². The fraction of sp³-hybridized carbons (Fsp3) is 0.609. The first-order valence-corrected chi connectivity index (χ1v) is 11.0. The average Bonchev–Trinajstić information content (AvgIpc) is 3.40. The Morgan fingerprint density at radius 3 is 2.39 bits per heavy atom. The van der Waals surface area contributed by atoms with Crippen molar-refractivity contribution >= 4 is 23.4 Å². The molecule has 8 nitrogen and oxygen atoms in total. The SMILES string of the molecule is COc1ccc(N2CC(C(=O)NC(C(=O)NC3CCCC3)C(C)C)CC2=O)cc1OC. The van der Waals surface area contributed by atoms with E-state index in [1.165, 1.54) is 7.11 Å². The molecule has 2 atom stereocenters. The van der Waals surface area contributed by atoms with Gasteiger partial charge in [-0.25, -0.2) is 0 Å². The molecule has 1 aromatic rings. The minimum absolute atomic E-state index is 0.0515. The highest BCUT2D eigenvalue weighted by Crippen LogP contribution is 2.34. The number of carbonyl (C=O) groups is 3. The third-order valence-electron chi connectivity index (χ3n) is 6.12. The first kappa shape index (κ1) is 22.9. The Hall–Kier alpha value is -2.77. The number of ether oxygens (including phenoxy) is 2. The number of carbonyl (C=O) groups excluding carboxylic acids is 3. The highest BCUT2D eigenvalue weighted by atomic mass is 16.5. The van der Waals surface area contributed by atoms with Crippen molar-refractivity contribution in [2.24, 2.45) is 11.8 Å². The van der Waals surface area contributed by atoms with Gasteiger partial charge in [-0.15, -0.1) is 0 Å². The topological polar surface area (TPSA) is 97.0 Å². The highest BCUT2D eigenvalue weighted by molar-refractivity contribution is 6.01. The number of methoxy groups -OCH3 is 2. The number of nitrogens with one attached hydrogen (secondary N) is 2. The molecular weight excluding hydrogens is 398 g/mol. The van der Waals surface area contributed by atoms with Gasteiger partial charge in [0.1, 0.15) is 6.04 Å². The van der Waals surface area contributed by atoms with Crippen LogP contribution in [0.1, 0.15) is 46.0 Å². The van der Waals surface area contributed by atoms with Crippen LogP contribution in [-0.2, 0) is 14.4 Å². The first-order valence-electron chi connectivity index (χ1n) is 11.0. The van der Waals surface area contributed by atoms with Gasteiger partial charge in [0.15, 0.2) is 11.5 Å². The number of hydrogen-bond acceptors (Lipinski definition) is 5. The van der Waals surface area contributed by atoms with E-state index in [0.717, 1.165) is 25.7 Å². The van der Waals surface area contributed by atoms with Gasteiger partial charge in [0.2, 0.25) is 17.7 Å². The number of anilines is 1. The molecule has 2 aliphatic rings. The lowest BCUT2D eigenvalue weighted by Gasteiger charge is -2.25. The molecule has 0 radical (unpaired) electrons. The number of amides is 3. The van der Waals surface area contributed by atoms with Crippen LogP contribution in [0.5, 0.6) is 11.5 Å². The predicted octanol–water partition coefficient (Wildman–Crippen LogP) is 2.26. The van der Waals surface area contributed by atoms with Gasteiger partial charge in [-0.3, -0.25) is 14.4 Å². The molecule has 2 N–H and O–H groups in total. The minimum atomic E-state index is -0.613. The van der Waals surface area contributed by atoms with Gasteiger partial charge in [-0.2, -0.15) is 0 Å². The molecule has 2 fully saturated rings. The van der Waals surface area contributed by atoms with Gasteiger partial charge >= 0.3 is 0 Å². The van der Waals surface area contributed by atoms with Gasteiger partial charge in [0, 0.05) is 30.8 Å². The minimum Gasteiger partial charge on any atom is -0.493 e. The lowest BCUT2D eigenvalue weighted by molar-refractivity contribution is -0.132. The molecule has 2 unspecified atom stereocenters. The fourth-order valence-corrected chi connectivity index (χ4v) is 4.29. The summed E-state index contributed by atoms with van der Waals surface area (Å²) >= 11 is 0. The van der Waals surface area contributed by atoms with E-state index in [9.17, 15) is 14.4 Å². The second-order valence-electron chi connectivity index (χ2n) is 8.66. The van der Waals surface area contributed by atoms with Gasteiger partial charge < -0.3 is 25.0 Å². The molecule has 31 heavy (non-hydrogen) atoms. The number of hydrogen-bond donors (Lipinski definition) is 2. The van der Waals surface area contributed by atoms with Crippen LogP contribution >= 0.6 is 0 Å². The Labute approximate surface area is 183 Å². The van der Waals surface area contributed by atoms with Crippen LogP contribution in [0.15, 0.2) is 18.2 Å².